The third kappa shape index (κ3) is 3.89. The van der Waals surface area contributed by atoms with Crippen LogP contribution in [0, 0.1) is 5.82 Å². The molecule has 0 aliphatic carbocycles. The minimum absolute atomic E-state index is 0.103. The average Bonchev–Trinajstić information content (AvgIpc) is 2.18. The van der Waals surface area contributed by atoms with Gasteiger partial charge in [-0.25, -0.2) is 4.39 Å². The molecular weight excluding hydrogens is 259 g/mol. The Morgan fingerprint density at radius 3 is 2.60 bits per heavy atom. The molecule has 1 aromatic rings. The Hall–Kier alpha value is -0.450. The number of halogens is 2. The number of rotatable bonds is 4. The van der Waals surface area contributed by atoms with Crippen molar-refractivity contribution in [3.8, 4) is 0 Å². The summed E-state index contributed by atoms with van der Waals surface area (Å²) in [5.74, 6) is -0.254. The van der Waals surface area contributed by atoms with E-state index in [9.17, 15) is 4.39 Å². The fourth-order valence-corrected chi connectivity index (χ4v) is 1.78. The molecule has 0 amide bonds. The maximum absolute atomic E-state index is 13.4. The average molecular weight is 275 g/mol. The lowest BCUT2D eigenvalue weighted by Crippen LogP contribution is -2.19. The van der Waals surface area contributed by atoms with E-state index in [4.69, 9.17) is 11.5 Å². The molecule has 2 unspecified atom stereocenters. The fourth-order valence-electron chi connectivity index (χ4n) is 1.40. The molecule has 0 saturated heterocycles. The first-order valence-corrected chi connectivity index (χ1v) is 5.76. The zero-order valence-corrected chi connectivity index (χ0v) is 10.3. The Labute approximate surface area is 98.0 Å². The first kappa shape index (κ1) is 12.6. The summed E-state index contributed by atoms with van der Waals surface area (Å²) in [4.78, 5) is 0. The van der Waals surface area contributed by atoms with E-state index in [1.54, 1.807) is 12.1 Å². The molecule has 0 aliphatic rings. The van der Waals surface area contributed by atoms with Crippen LogP contribution in [0.2, 0.25) is 0 Å². The van der Waals surface area contributed by atoms with E-state index >= 15 is 0 Å². The van der Waals surface area contributed by atoms with Crippen LogP contribution in [-0.4, -0.2) is 6.04 Å². The maximum Gasteiger partial charge on any atom is 0.128 e. The minimum atomic E-state index is -0.284. The van der Waals surface area contributed by atoms with Gasteiger partial charge in [-0.2, -0.15) is 0 Å². The highest BCUT2D eigenvalue weighted by Gasteiger charge is 2.12. The number of hydrogen-bond acceptors (Lipinski definition) is 2. The molecule has 1 aromatic carbocycles. The van der Waals surface area contributed by atoms with E-state index in [1.165, 1.54) is 6.07 Å². The molecule has 0 bridgehead atoms. The van der Waals surface area contributed by atoms with Crippen LogP contribution in [-0.2, 0) is 0 Å². The van der Waals surface area contributed by atoms with Crippen molar-refractivity contribution in [3.05, 3.63) is 34.1 Å². The summed E-state index contributed by atoms with van der Waals surface area (Å²) >= 11 is 3.30. The van der Waals surface area contributed by atoms with Crippen molar-refractivity contribution in [1.29, 1.82) is 0 Å². The van der Waals surface area contributed by atoms with Crippen molar-refractivity contribution in [2.75, 3.05) is 0 Å². The molecule has 1 rings (SSSR count). The van der Waals surface area contributed by atoms with Crippen LogP contribution in [0.25, 0.3) is 0 Å². The van der Waals surface area contributed by atoms with E-state index in [0.717, 1.165) is 10.9 Å². The molecule has 0 radical (unpaired) electrons. The molecular formula is C11H16BrFN2. The van der Waals surface area contributed by atoms with E-state index in [-0.39, 0.29) is 17.9 Å². The van der Waals surface area contributed by atoms with E-state index in [1.807, 2.05) is 6.92 Å². The molecule has 4 heteroatoms. The van der Waals surface area contributed by atoms with Gasteiger partial charge in [-0.3, -0.25) is 0 Å². The predicted octanol–water partition coefficient (Wildman–Crippen LogP) is 2.72. The summed E-state index contributed by atoms with van der Waals surface area (Å²) in [6.07, 6.45) is 1.50. The monoisotopic (exact) mass is 274 g/mol. The van der Waals surface area contributed by atoms with E-state index in [0.29, 0.717) is 12.0 Å². The highest BCUT2D eigenvalue weighted by atomic mass is 79.9. The summed E-state index contributed by atoms with van der Waals surface area (Å²) in [7, 11) is 0. The molecule has 2 atom stereocenters. The molecule has 0 spiro atoms. The van der Waals surface area contributed by atoms with Crippen LogP contribution in [0.5, 0.6) is 0 Å². The second kappa shape index (κ2) is 5.58. The van der Waals surface area contributed by atoms with Crippen molar-refractivity contribution in [2.24, 2.45) is 11.5 Å². The zero-order valence-electron chi connectivity index (χ0n) is 8.71. The summed E-state index contributed by atoms with van der Waals surface area (Å²) in [6.45, 7) is 1.92. The van der Waals surface area contributed by atoms with Crippen molar-refractivity contribution in [1.82, 2.24) is 0 Å². The minimum Gasteiger partial charge on any atom is -0.328 e. The van der Waals surface area contributed by atoms with Gasteiger partial charge >= 0.3 is 0 Å². The summed E-state index contributed by atoms with van der Waals surface area (Å²) in [5.41, 5.74) is 12.1. The molecule has 0 saturated carbocycles. The molecule has 0 fully saturated rings. The van der Waals surface area contributed by atoms with Gasteiger partial charge in [-0.05, 0) is 38.0 Å². The first-order chi connectivity index (χ1) is 7.00. The van der Waals surface area contributed by atoms with Gasteiger partial charge < -0.3 is 11.5 Å². The molecule has 0 aliphatic heterocycles. The Balaban J connectivity index is 2.72. The van der Waals surface area contributed by atoms with Gasteiger partial charge in [0.05, 0.1) is 0 Å². The summed E-state index contributed by atoms with van der Waals surface area (Å²) in [5, 5.41) is 0. The van der Waals surface area contributed by atoms with Gasteiger partial charge in [-0.1, -0.05) is 15.9 Å². The Kier molecular flexibility index (Phi) is 4.70. The SMILES string of the molecule is CC(N)CCC(N)c1cc(Br)ccc1F. The van der Waals surface area contributed by atoms with Crippen molar-refractivity contribution in [3.63, 3.8) is 0 Å². The third-order valence-electron chi connectivity index (χ3n) is 2.29. The van der Waals surface area contributed by atoms with Gasteiger partial charge in [-0.15, -0.1) is 0 Å². The molecule has 4 N–H and O–H groups in total. The van der Waals surface area contributed by atoms with Crippen molar-refractivity contribution >= 4 is 15.9 Å². The van der Waals surface area contributed by atoms with Crippen LogP contribution >= 0.6 is 15.9 Å². The lowest BCUT2D eigenvalue weighted by Gasteiger charge is -2.14. The Morgan fingerprint density at radius 1 is 1.33 bits per heavy atom. The molecule has 0 aromatic heterocycles. The number of benzene rings is 1. The lowest BCUT2D eigenvalue weighted by molar-refractivity contribution is 0.524. The van der Waals surface area contributed by atoms with Crippen LogP contribution in [0.15, 0.2) is 22.7 Å². The largest absolute Gasteiger partial charge is 0.328 e. The molecule has 15 heavy (non-hydrogen) atoms. The summed E-state index contributed by atoms with van der Waals surface area (Å²) in [6, 6.07) is 4.63. The second-order valence-electron chi connectivity index (χ2n) is 3.83. The van der Waals surface area contributed by atoms with Crippen LogP contribution in [0.3, 0.4) is 0 Å². The summed E-state index contributed by atoms with van der Waals surface area (Å²) < 4.78 is 14.3. The smallest absolute Gasteiger partial charge is 0.128 e. The highest BCUT2D eigenvalue weighted by molar-refractivity contribution is 9.10. The van der Waals surface area contributed by atoms with Crippen LogP contribution < -0.4 is 11.5 Å². The van der Waals surface area contributed by atoms with Crippen LogP contribution in [0.4, 0.5) is 4.39 Å². The van der Waals surface area contributed by atoms with Gasteiger partial charge in [0.15, 0.2) is 0 Å². The number of hydrogen-bond donors (Lipinski definition) is 2. The van der Waals surface area contributed by atoms with Crippen LogP contribution in [0.1, 0.15) is 31.4 Å². The van der Waals surface area contributed by atoms with E-state index in [2.05, 4.69) is 15.9 Å². The zero-order chi connectivity index (χ0) is 11.4. The maximum atomic E-state index is 13.4. The van der Waals surface area contributed by atoms with Gasteiger partial charge in [0.25, 0.3) is 0 Å². The second-order valence-corrected chi connectivity index (χ2v) is 4.74. The van der Waals surface area contributed by atoms with Crippen molar-refractivity contribution < 1.29 is 4.39 Å². The quantitative estimate of drug-likeness (QED) is 0.887. The van der Waals surface area contributed by atoms with Gasteiger partial charge in [0, 0.05) is 22.1 Å². The first-order valence-electron chi connectivity index (χ1n) is 4.97. The number of nitrogens with two attached hydrogens (primary N) is 2. The Morgan fingerprint density at radius 2 is 2.00 bits per heavy atom. The third-order valence-corrected chi connectivity index (χ3v) is 2.78. The van der Waals surface area contributed by atoms with Gasteiger partial charge in [0.2, 0.25) is 0 Å². The molecule has 2 nitrogen and oxygen atoms in total. The standard InChI is InChI=1S/C11H16BrFN2/c1-7(14)2-5-11(15)9-6-8(12)3-4-10(9)13/h3-4,6-7,11H,2,5,14-15H2,1H3. The topological polar surface area (TPSA) is 52.0 Å². The van der Waals surface area contributed by atoms with E-state index < -0.39 is 0 Å². The normalized spacial score (nSPS) is 15.0. The van der Waals surface area contributed by atoms with Crippen molar-refractivity contribution in [2.45, 2.75) is 31.8 Å². The molecule has 84 valence electrons. The predicted molar refractivity (Wildman–Crippen MR) is 63.9 cm³/mol. The fraction of sp³-hybridized carbons (Fsp3) is 0.455. The lowest BCUT2D eigenvalue weighted by atomic mass is 10.0. The van der Waals surface area contributed by atoms with Gasteiger partial charge in [0.1, 0.15) is 5.82 Å². The highest BCUT2D eigenvalue weighted by Crippen LogP contribution is 2.23. The Bertz CT molecular complexity index is 328. The molecule has 0 heterocycles.